The zero-order valence-corrected chi connectivity index (χ0v) is 9.08. The number of rotatable bonds is 2. The van der Waals surface area contributed by atoms with Crippen LogP contribution in [0.2, 0.25) is 0 Å². The maximum Gasteiger partial charge on any atom is 0.360 e. The van der Waals surface area contributed by atoms with Crippen molar-refractivity contribution in [3.8, 4) is 11.3 Å². The molecule has 0 saturated heterocycles. The third-order valence-electron chi connectivity index (χ3n) is 2.72. The largest absolute Gasteiger partial charge is 0.362 e. The second kappa shape index (κ2) is 3.59. The van der Waals surface area contributed by atoms with Crippen LogP contribution in [0.15, 0.2) is 35.0 Å². The van der Waals surface area contributed by atoms with E-state index in [2.05, 4.69) is 10.1 Å². The Balaban J connectivity index is 2.30. The lowest BCUT2D eigenvalue weighted by Gasteiger charge is -1.93. The Hall–Kier alpha value is -2.83. The molecule has 0 aliphatic carbocycles. The minimum absolute atomic E-state index is 0.134. The van der Waals surface area contributed by atoms with Gasteiger partial charge < -0.3 is 15.2 Å². The number of H-pyrrole nitrogens is 1. The van der Waals surface area contributed by atoms with Crippen LogP contribution in [0.1, 0.15) is 0 Å². The average molecular weight is 244 g/mol. The number of fused-ring (bicyclic) bond motifs is 1. The predicted molar refractivity (Wildman–Crippen MR) is 64.9 cm³/mol. The molecule has 18 heavy (non-hydrogen) atoms. The molecule has 0 unspecified atom stereocenters. The van der Waals surface area contributed by atoms with Crippen LogP contribution in [-0.2, 0) is 0 Å². The van der Waals surface area contributed by atoms with E-state index in [9.17, 15) is 10.1 Å². The predicted octanol–water partition coefficient (Wildman–Crippen LogP) is 2.31. The molecular formula is C11H8N4O3. The van der Waals surface area contributed by atoms with Gasteiger partial charge in [-0.15, -0.1) is 0 Å². The molecule has 7 heteroatoms. The number of para-hydroxylation sites is 1. The summed E-state index contributed by atoms with van der Waals surface area (Å²) in [6.45, 7) is 0. The number of nitrogens with one attached hydrogen (secondary N) is 1. The molecule has 0 radical (unpaired) electrons. The first-order chi connectivity index (χ1) is 8.68. The number of benzene rings is 1. The highest BCUT2D eigenvalue weighted by atomic mass is 16.6. The molecule has 90 valence electrons. The van der Waals surface area contributed by atoms with Crippen LogP contribution < -0.4 is 5.73 Å². The van der Waals surface area contributed by atoms with Crippen molar-refractivity contribution >= 4 is 22.5 Å². The van der Waals surface area contributed by atoms with E-state index in [4.69, 9.17) is 10.3 Å². The summed E-state index contributed by atoms with van der Waals surface area (Å²) in [6, 6.07) is 7.42. The van der Waals surface area contributed by atoms with Crippen LogP contribution >= 0.6 is 0 Å². The molecule has 2 aromatic heterocycles. The highest BCUT2D eigenvalue weighted by Crippen LogP contribution is 2.37. The monoisotopic (exact) mass is 244 g/mol. The summed E-state index contributed by atoms with van der Waals surface area (Å²) < 4.78 is 4.70. The summed E-state index contributed by atoms with van der Waals surface area (Å²) >= 11 is 0. The maximum absolute atomic E-state index is 11.0. The molecule has 0 aliphatic heterocycles. The number of nitro groups is 1. The van der Waals surface area contributed by atoms with Crippen molar-refractivity contribution in [1.82, 2.24) is 10.1 Å². The van der Waals surface area contributed by atoms with Gasteiger partial charge >= 0.3 is 11.6 Å². The number of nitrogens with two attached hydrogens (primary N) is 1. The summed E-state index contributed by atoms with van der Waals surface area (Å²) in [5.74, 6) is -0.291. The third kappa shape index (κ3) is 1.34. The van der Waals surface area contributed by atoms with Crippen LogP contribution in [0.5, 0.6) is 0 Å². The van der Waals surface area contributed by atoms with Crippen LogP contribution in [0.3, 0.4) is 0 Å². The van der Waals surface area contributed by atoms with Gasteiger partial charge in [0.1, 0.15) is 0 Å². The van der Waals surface area contributed by atoms with E-state index in [0.29, 0.717) is 5.56 Å². The van der Waals surface area contributed by atoms with Gasteiger partial charge in [0.05, 0.1) is 4.92 Å². The van der Waals surface area contributed by atoms with Crippen LogP contribution in [0.4, 0.5) is 11.6 Å². The summed E-state index contributed by atoms with van der Waals surface area (Å²) in [6.07, 6.45) is 1.65. The Bertz CT molecular complexity index is 744. The van der Waals surface area contributed by atoms with Gasteiger partial charge in [-0.3, -0.25) is 10.1 Å². The number of nitrogens with zero attached hydrogens (tertiary/aromatic N) is 2. The molecule has 0 spiro atoms. The average Bonchev–Trinajstić information content (AvgIpc) is 2.92. The molecule has 0 bridgehead atoms. The number of anilines is 1. The Kier molecular flexibility index (Phi) is 2.06. The quantitative estimate of drug-likeness (QED) is 0.530. The number of hydrogen-bond acceptors (Lipinski definition) is 5. The molecule has 2 heterocycles. The van der Waals surface area contributed by atoms with Crippen molar-refractivity contribution in [3.63, 3.8) is 0 Å². The van der Waals surface area contributed by atoms with Gasteiger partial charge in [-0.2, -0.15) is 0 Å². The van der Waals surface area contributed by atoms with E-state index in [1.54, 1.807) is 6.20 Å². The van der Waals surface area contributed by atoms with E-state index in [0.717, 1.165) is 10.9 Å². The fourth-order valence-corrected chi connectivity index (χ4v) is 1.92. The Morgan fingerprint density at radius 3 is 2.94 bits per heavy atom. The van der Waals surface area contributed by atoms with Gasteiger partial charge in [-0.1, -0.05) is 23.4 Å². The Morgan fingerprint density at radius 1 is 1.39 bits per heavy atom. The van der Waals surface area contributed by atoms with Gasteiger partial charge in [0.25, 0.3) is 0 Å². The molecule has 3 N–H and O–H groups in total. The molecule has 0 amide bonds. The molecule has 0 saturated carbocycles. The first kappa shape index (κ1) is 10.3. The fourth-order valence-electron chi connectivity index (χ4n) is 1.92. The Labute approximate surface area is 100 Å². The number of hydrogen-bond donors (Lipinski definition) is 2. The minimum Gasteiger partial charge on any atom is -0.362 e. The van der Waals surface area contributed by atoms with Gasteiger partial charge in [0.15, 0.2) is 5.69 Å². The van der Waals surface area contributed by atoms with Gasteiger partial charge in [0.2, 0.25) is 0 Å². The third-order valence-corrected chi connectivity index (χ3v) is 2.72. The summed E-state index contributed by atoms with van der Waals surface area (Å²) in [7, 11) is 0. The van der Waals surface area contributed by atoms with Crippen LogP contribution in [0.25, 0.3) is 22.2 Å². The lowest BCUT2D eigenvalue weighted by molar-refractivity contribution is -0.383. The highest BCUT2D eigenvalue weighted by Gasteiger charge is 2.27. The zero-order valence-electron chi connectivity index (χ0n) is 9.08. The van der Waals surface area contributed by atoms with E-state index in [1.807, 2.05) is 24.3 Å². The molecule has 0 atom stereocenters. The van der Waals surface area contributed by atoms with E-state index < -0.39 is 4.92 Å². The second-order valence-electron chi connectivity index (χ2n) is 3.75. The Morgan fingerprint density at radius 2 is 2.17 bits per heavy atom. The normalized spacial score (nSPS) is 10.9. The first-order valence-corrected chi connectivity index (χ1v) is 5.14. The molecular weight excluding hydrogens is 236 g/mol. The SMILES string of the molecule is Nc1onc(-c2c[nH]c3ccccc23)c1[N+](=O)[O-]. The molecule has 3 aromatic rings. The van der Waals surface area contributed by atoms with Crippen molar-refractivity contribution < 1.29 is 9.45 Å². The van der Waals surface area contributed by atoms with Crippen molar-refractivity contribution in [2.75, 3.05) is 5.73 Å². The van der Waals surface area contributed by atoms with Crippen LogP contribution in [-0.4, -0.2) is 15.1 Å². The molecule has 1 aromatic carbocycles. The molecule has 0 aliphatic rings. The number of aromatic amines is 1. The first-order valence-electron chi connectivity index (χ1n) is 5.14. The van der Waals surface area contributed by atoms with E-state index in [1.165, 1.54) is 0 Å². The second-order valence-corrected chi connectivity index (χ2v) is 3.75. The summed E-state index contributed by atoms with van der Waals surface area (Å²) in [5, 5.41) is 15.4. The molecule has 7 nitrogen and oxygen atoms in total. The molecule has 0 fully saturated rings. The lowest BCUT2D eigenvalue weighted by atomic mass is 10.1. The van der Waals surface area contributed by atoms with Gasteiger partial charge in [-0.25, -0.2) is 0 Å². The van der Waals surface area contributed by atoms with E-state index >= 15 is 0 Å². The smallest absolute Gasteiger partial charge is 0.360 e. The fraction of sp³-hybridized carbons (Fsp3) is 0. The zero-order chi connectivity index (χ0) is 12.7. The minimum atomic E-state index is -0.594. The van der Waals surface area contributed by atoms with Gasteiger partial charge in [-0.05, 0) is 6.07 Å². The van der Waals surface area contributed by atoms with Crippen LogP contribution in [0, 0.1) is 10.1 Å². The lowest BCUT2D eigenvalue weighted by Crippen LogP contribution is -1.93. The van der Waals surface area contributed by atoms with Crippen molar-refractivity contribution in [2.24, 2.45) is 0 Å². The molecule has 3 rings (SSSR count). The van der Waals surface area contributed by atoms with Crippen molar-refractivity contribution in [2.45, 2.75) is 0 Å². The summed E-state index contributed by atoms with van der Waals surface area (Å²) in [5.41, 5.74) is 6.70. The van der Waals surface area contributed by atoms with Crippen molar-refractivity contribution in [1.29, 1.82) is 0 Å². The number of nitrogen functional groups attached to an aromatic ring is 1. The summed E-state index contributed by atoms with van der Waals surface area (Å²) in [4.78, 5) is 13.4. The highest BCUT2D eigenvalue weighted by molar-refractivity contribution is 5.97. The number of aromatic nitrogens is 2. The topological polar surface area (TPSA) is 111 Å². The standard InChI is InChI=1S/C11H8N4O3/c12-11-10(15(16)17)9(14-18-11)7-5-13-8-4-2-1-3-6(7)8/h1-5,13H,12H2. The van der Waals surface area contributed by atoms with Gasteiger partial charge in [0, 0.05) is 22.7 Å². The maximum atomic E-state index is 11.0. The van der Waals surface area contributed by atoms with E-state index in [-0.39, 0.29) is 17.3 Å². The van der Waals surface area contributed by atoms with Crippen molar-refractivity contribution in [3.05, 3.63) is 40.6 Å².